The molecule has 0 aliphatic heterocycles. The molecular formula is C25H29NO4. The van der Waals surface area contributed by atoms with Crippen molar-refractivity contribution >= 4 is 5.69 Å². The molecule has 5 heteroatoms. The molecule has 0 aliphatic rings. The summed E-state index contributed by atoms with van der Waals surface area (Å²) in [5, 5.41) is 3.43. The van der Waals surface area contributed by atoms with E-state index < -0.39 is 0 Å². The first kappa shape index (κ1) is 21.5. The minimum absolute atomic E-state index is 0.486. The summed E-state index contributed by atoms with van der Waals surface area (Å²) in [7, 11) is 0. The van der Waals surface area contributed by atoms with Gasteiger partial charge in [0.15, 0.2) is 0 Å². The molecule has 0 unspecified atom stereocenters. The molecule has 0 saturated carbocycles. The van der Waals surface area contributed by atoms with E-state index in [9.17, 15) is 0 Å². The van der Waals surface area contributed by atoms with Crippen LogP contribution in [0.5, 0.6) is 17.2 Å². The Labute approximate surface area is 178 Å². The van der Waals surface area contributed by atoms with Gasteiger partial charge in [-0.25, -0.2) is 0 Å². The van der Waals surface area contributed by atoms with E-state index in [1.807, 2.05) is 79.7 Å². The van der Waals surface area contributed by atoms with Crippen molar-refractivity contribution in [1.82, 2.24) is 0 Å². The van der Waals surface area contributed by atoms with Crippen molar-refractivity contribution in [3.63, 3.8) is 0 Å². The lowest BCUT2D eigenvalue weighted by Crippen LogP contribution is -2.09. The van der Waals surface area contributed by atoms with Gasteiger partial charge in [-0.1, -0.05) is 36.4 Å². The van der Waals surface area contributed by atoms with Crippen LogP contribution < -0.4 is 19.5 Å². The number of para-hydroxylation sites is 1. The predicted molar refractivity (Wildman–Crippen MR) is 120 cm³/mol. The van der Waals surface area contributed by atoms with E-state index >= 15 is 0 Å². The van der Waals surface area contributed by atoms with Crippen LogP contribution in [0.3, 0.4) is 0 Å². The van der Waals surface area contributed by atoms with E-state index in [0.29, 0.717) is 39.6 Å². The summed E-state index contributed by atoms with van der Waals surface area (Å²) in [5.74, 6) is 2.51. The largest absolute Gasteiger partial charge is 0.491 e. The highest BCUT2D eigenvalue weighted by Gasteiger charge is 2.01. The maximum atomic E-state index is 5.81. The average molecular weight is 408 g/mol. The van der Waals surface area contributed by atoms with Crippen LogP contribution >= 0.6 is 0 Å². The van der Waals surface area contributed by atoms with Crippen LogP contribution in [0.1, 0.15) is 12.5 Å². The zero-order valence-electron chi connectivity index (χ0n) is 17.4. The fourth-order valence-electron chi connectivity index (χ4n) is 2.84. The molecule has 0 aliphatic carbocycles. The number of ether oxygens (including phenoxy) is 4. The Bertz CT molecular complexity index is 870. The smallest absolute Gasteiger partial charge is 0.122 e. The Morgan fingerprint density at radius 1 is 0.633 bits per heavy atom. The van der Waals surface area contributed by atoms with E-state index in [1.54, 1.807) is 0 Å². The van der Waals surface area contributed by atoms with Gasteiger partial charge in [0.1, 0.15) is 37.1 Å². The third kappa shape index (κ3) is 7.68. The third-order valence-corrected chi connectivity index (χ3v) is 4.29. The SMILES string of the molecule is CCOCCOc1cccc(CNc2cccc(OCCOc3ccccc3)c2)c1. The molecule has 0 spiro atoms. The van der Waals surface area contributed by atoms with Crippen molar-refractivity contribution in [3.8, 4) is 17.2 Å². The zero-order valence-corrected chi connectivity index (χ0v) is 17.4. The summed E-state index contributed by atoms with van der Waals surface area (Å²) in [4.78, 5) is 0. The predicted octanol–water partition coefficient (Wildman–Crippen LogP) is 5.17. The summed E-state index contributed by atoms with van der Waals surface area (Å²) in [6, 6.07) is 25.7. The molecule has 0 amide bonds. The second-order valence-electron chi connectivity index (χ2n) is 6.58. The Kier molecular flexibility index (Phi) is 8.90. The maximum absolute atomic E-state index is 5.81. The van der Waals surface area contributed by atoms with Crippen molar-refractivity contribution in [2.45, 2.75) is 13.5 Å². The zero-order chi connectivity index (χ0) is 20.9. The molecule has 30 heavy (non-hydrogen) atoms. The Morgan fingerprint density at radius 3 is 2.03 bits per heavy atom. The summed E-state index contributed by atoms with van der Waals surface area (Å²) < 4.78 is 22.5. The van der Waals surface area contributed by atoms with Gasteiger partial charge in [-0.05, 0) is 48.9 Å². The van der Waals surface area contributed by atoms with E-state index in [0.717, 1.165) is 28.5 Å². The first-order valence-electron chi connectivity index (χ1n) is 10.3. The molecule has 0 fully saturated rings. The lowest BCUT2D eigenvalue weighted by atomic mass is 10.2. The highest BCUT2D eigenvalue weighted by molar-refractivity contribution is 5.48. The van der Waals surface area contributed by atoms with Crippen molar-refractivity contribution in [1.29, 1.82) is 0 Å². The van der Waals surface area contributed by atoms with Crippen LogP contribution in [0.4, 0.5) is 5.69 Å². The van der Waals surface area contributed by atoms with Crippen LogP contribution in [0.2, 0.25) is 0 Å². The molecule has 5 nitrogen and oxygen atoms in total. The van der Waals surface area contributed by atoms with Gasteiger partial charge in [0.25, 0.3) is 0 Å². The molecule has 0 atom stereocenters. The maximum Gasteiger partial charge on any atom is 0.122 e. The minimum atomic E-state index is 0.486. The van der Waals surface area contributed by atoms with E-state index in [2.05, 4.69) is 11.4 Å². The minimum Gasteiger partial charge on any atom is -0.491 e. The highest BCUT2D eigenvalue weighted by Crippen LogP contribution is 2.19. The standard InChI is InChI=1S/C25H29NO4/c1-2-27-14-15-29-24-12-6-8-21(18-24)20-26-22-9-7-13-25(19-22)30-17-16-28-23-10-4-3-5-11-23/h3-13,18-19,26H,2,14-17,20H2,1H3. The second kappa shape index (κ2) is 12.4. The van der Waals surface area contributed by atoms with Gasteiger partial charge >= 0.3 is 0 Å². The van der Waals surface area contributed by atoms with Gasteiger partial charge in [-0.15, -0.1) is 0 Å². The summed E-state index contributed by atoms with van der Waals surface area (Å²) >= 11 is 0. The number of benzene rings is 3. The van der Waals surface area contributed by atoms with Gasteiger partial charge in [0, 0.05) is 24.9 Å². The first-order valence-corrected chi connectivity index (χ1v) is 10.3. The fraction of sp³-hybridized carbons (Fsp3) is 0.280. The van der Waals surface area contributed by atoms with Crippen molar-refractivity contribution in [2.75, 3.05) is 38.4 Å². The number of rotatable bonds is 13. The van der Waals surface area contributed by atoms with Crippen LogP contribution in [0.15, 0.2) is 78.9 Å². The molecule has 3 rings (SSSR count). The quantitative estimate of drug-likeness (QED) is 0.396. The number of anilines is 1. The summed E-state index contributed by atoms with van der Waals surface area (Å²) in [5.41, 5.74) is 2.14. The monoisotopic (exact) mass is 407 g/mol. The first-order chi connectivity index (χ1) is 14.8. The van der Waals surface area contributed by atoms with E-state index in [4.69, 9.17) is 18.9 Å². The van der Waals surface area contributed by atoms with Gasteiger partial charge < -0.3 is 24.3 Å². The van der Waals surface area contributed by atoms with E-state index in [-0.39, 0.29) is 0 Å². The number of nitrogens with one attached hydrogen (secondary N) is 1. The van der Waals surface area contributed by atoms with Crippen LogP contribution in [-0.4, -0.2) is 33.0 Å². The number of hydrogen-bond donors (Lipinski definition) is 1. The summed E-state index contributed by atoms with van der Waals surface area (Å²) in [6.07, 6.45) is 0. The highest BCUT2D eigenvalue weighted by atomic mass is 16.5. The lowest BCUT2D eigenvalue weighted by molar-refractivity contribution is 0.110. The molecule has 0 bridgehead atoms. The molecule has 158 valence electrons. The Hall–Kier alpha value is -3.18. The molecule has 0 aromatic heterocycles. The average Bonchev–Trinajstić information content (AvgIpc) is 2.80. The van der Waals surface area contributed by atoms with Crippen molar-refractivity contribution in [3.05, 3.63) is 84.4 Å². The Morgan fingerprint density at radius 2 is 1.27 bits per heavy atom. The molecular weight excluding hydrogens is 378 g/mol. The second-order valence-corrected chi connectivity index (χ2v) is 6.58. The van der Waals surface area contributed by atoms with E-state index in [1.165, 1.54) is 0 Å². The fourth-order valence-corrected chi connectivity index (χ4v) is 2.84. The topological polar surface area (TPSA) is 49.0 Å². The van der Waals surface area contributed by atoms with Crippen molar-refractivity contribution < 1.29 is 18.9 Å². The summed E-state index contributed by atoms with van der Waals surface area (Å²) in [6.45, 7) is 5.52. The van der Waals surface area contributed by atoms with Crippen LogP contribution in [-0.2, 0) is 11.3 Å². The third-order valence-electron chi connectivity index (χ3n) is 4.29. The normalized spacial score (nSPS) is 10.4. The van der Waals surface area contributed by atoms with Crippen molar-refractivity contribution in [2.24, 2.45) is 0 Å². The van der Waals surface area contributed by atoms with Gasteiger partial charge in [0.05, 0.1) is 6.61 Å². The molecule has 1 N–H and O–H groups in total. The number of hydrogen-bond acceptors (Lipinski definition) is 5. The van der Waals surface area contributed by atoms with Crippen LogP contribution in [0.25, 0.3) is 0 Å². The molecule has 0 radical (unpaired) electrons. The molecule has 0 saturated heterocycles. The van der Waals surface area contributed by atoms with Crippen LogP contribution in [0, 0.1) is 0 Å². The lowest BCUT2D eigenvalue weighted by Gasteiger charge is -2.12. The molecule has 0 heterocycles. The van der Waals surface area contributed by atoms with Gasteiger partial charge in [-0.3, -0.25) is 0 Å². The molecule has 3 aromatic carbocycles. The molecule has 3 aromatic rings. The van der Waals surface area contributed by atoms with Gasteiger partial charge in [-0.2, -0.15) is 0 Å². The van der Waals surface area contributed by atoms with Gasteiger partial charge in [0.2, 0.25) is 0 Å². The Balaban J connectivity index is 1.42.